The molecule has 1 aromatic rings. The van der Waals surface area contributed by atoms with Gasteiger partial charge in [0.05, 0.1) is 4.87 Å². The van der Waals surface area contributed by atoms with Gasteiger partial charge in [-0.1, -0.05) is 12.1 Å². The van der Waals surface area contributed by atoms with Crippen LogP contribution in [-0.4, -0.2) is 32.8 Å². The summed E-state index contributed by atoms with van der Waals surface area (Å²) in [6.45, 7) is 2.04. The number of hydrogen-bond donors (Lipinski definition) is 3. The number of benzene rings is 1. The molecule has 1 aliphatic rings. The summed E-state index contributed by atoms with van der Waals surface area (Å²) in [6.07, 6.45) is 1.73. The van der Waals surface area contributed by atoms with E-state index >= 15 is 0 Å². The molecule has 0 saturated carbocycles. The molecule has 1 aromatic carbocycles. The van der Waals surface area contributed by atoms with Crippen LogP contribution in [0.3, 0.4) is 0 Å². The van der Waals surface area contributed by atoms with Crippen LogP contribution in [0.1, 0.15) is 18.9 Å². The summed E-state index contributed by atoms with van der Waals surface area (Å²) in [4.78, 5) is 10.7. The van der Waals surface area contributed by atoms with E-state index < -0.39 is 12.0 Å². The molecule has 0 aliphatic carbocycles. The molecule has 1 fully saturated rings. The average Bonchev–Trinajstić information content (AvgIpc) is 2.72. The van der Waals surface area contributed by atoms with Gasteiger partial charge in [-0.3, -0.25) is 10.1 Å². The van der Waals surface area contributed by atoms with Gasteiger partial charge in [0.2, 0.25) is 0 Å². The summed E-state index contributed by atoms with van der Waals surface area (Å²) >= 11 is 1.66. The molecule has 0 spiro atoms. The van der Waals surface area contributed by atoms with E-state index in [0.717, 1.165) is 18.4 Å². The van der Waals surface area contributed by atoms with Gasteiger partial charge in [-0.2, -0.15) is 0 Å². The minimum absolute atomic E-state index is 0.180. The van der Waals surface area contributed by atoms with E-state index in [-0.39, 0.29) is 10.6 Å². The summed E-state index contributed by atoms with van der Waals surface area (Å²) in [5, 5.41) is 21.3. The van der Waals surface area contributed by atoms with Gasteiger partial charge < -0.3 is 10.2 Å². The highest BCUT2D eigenvalue weighted by Gasteiger charge is 2.37. The number of phenolic OH excluding ortho intramolecular Hbond substituents is 1. The Morgan fingerprint density at radius 2 is 2.17 bits per heavy atom. The van der Waals surface area contributed by atoms with Crippen molar-refractivity contribution in [3.8, 4) is 5.75 Å². The van der Waals surface area contributed by atoms with Gasteiger partial charge >= 0.3 is 5.97 Å². The van der Waals surface area contributed by atoms with Gasteiger partial charge in [0, 0.05) is 5.75 Å². The van der Waals surface area contributed by atoms with Crippen LogP contribution in [-0.2, 0) is 11.2 Å². The van der Waals surface area contributed by atoms with Crippen LogP contribution < -0.4 is 5.32 Å². The lowest BCUT2D eigenvalue weighted by molar-refractivity contribution is -0.138. The summed E-state index contributed by atoms with van der Waals surface area (Å²) in [6, 6.07) is 6.69. The number of aryl methyl sites for hydroxylation is 1. The molecule has 1 heterocycles. The Bertz CT molecular complexity index is 434. The van der Waals surface area contributed by atoms with Crippen molar-refractivity contribution >= 4 is 17.7 Å². The first-order chi connectivity index (χ1) is 8.48. The number of carbonyl (C=O) groups is 1. The summed E-state index contributed by atoms with van der Waals surface area (Å²) < 4.78 is 0. The number of aliphatic carboxylic acids is 1. The number of thioether (sulfide) groups is 1. The van der Waals surface area contributed by atoms with Crippen LogP contribution >= 0.6 is 11.8 Å². The molecule has 0 bridgehead atoms. The Morgan fingerprint density at radius 3 is 2.72 bits per heavy atom. The van der Waals surface area contributed by atoms with Crippen LogP contribution in [0.25, 0.3) is 0 Å². The standard InChI is InChI=1S/C13H17NO3S/c1-13(14-11(8-18-13)12(16)17)7-6-9-2-4-10(15)5-3-9/h2-5,11,14-15H,6-8H2,1H3,(H,16,17)/t11-,13?/m1/s1. The van der Waals surface area contributed by atoms with Crippen molar-refractivity contribution in [1.29, 1.82) is 0 Å². The molecule has 1 saturated heterocycles. The highest BCUT2D eigenvalue weighted by atomic mass is 32.2. The molecule has 3 N–H and O–H groups in total. The lowest BCUT2D eigenvalue weighted by Gasteiger charge is -2.24. The Labute approximate surface area is 110 Å². The van der Waals surface area contributed by atoms with Gasteiger partial charge in [0.15, 0.2) is 0 Å². The SMILES string of the molecule is CC1(CCc2ccc(O)cc2)N[C@@H](C(=O)O)CS1. The van der Waals surface area contributed by atoms with Crippen molar-refractivity contribution in [1.82, 2.24) is 5.32 Å². The minimum atomic E-state index is -0.782. The first kappa shape index (κ1) is 13.2. The van der Waals surface area contributed by atoms with E-state index in [1.807, 2.05) is 19.1 Å². The van der Waals surface area contributed by atoms with E-state index in [0.29, 0.717) is 5.75 Å². The maximum Gasteiger partial charge on any atom is 0.321 e. The second-order valence-corrected chi connectivity index (χ2v) is 6.27. The highest BCUT2D eigenvalue weighted by molar-refractivity contribution is 8.00. The first-order valence-corrected chi connectivity index (χ1v) is 6.89. The molecule has 2 atom stereocenters. The van der Waals surface area contributed by atoms with Crippen LogP contribution in [0.2, 0.25) is 0 Å². The zero-order valence-electron chi connectivity index (χ0n) is 10.2. The van der Waals surface area contributed by atoms with Crippen LogP contribution in [0.5, 0.6) is 5.75 Å². The normalized spacial score (nSPS) is 27.3. The number of carboxylic acid groups (broad SMARTS) is 1. The number of phenols is 1. The molecule has 4 nitrogen and oxygen atoms in total. The van der Waals surface area contributed by atoms with E-state index in [1.54, 1.807) is 23.9 Å². The van der Waals surface area contributed by atoms with E-state index in [2.05, 4.69) is 5.32 Å². The fourth-order valence-electron chi connectivity index (χ4n) is 2.04. The van der Waals surface area contributed by atoms with Gasteiger partial charge in [0.25, 0.3) is 0 Å². The fraction of sp³-hybridized carbons (Fsp3) is 0.462. The van der Waals surface area contributed by atoms with Crippen LogP contribution in [0, 0.1) is 0 Å². The molecule has 1 unspecified atom stereocenters. The lowest BCUT2D eigenvalue weighted by Crippen LogP contribution is -2.43. The molecule has 2 rings (SSSR count). The number of nitrogens with one attached hydrogen (secondary N) is 1. The van der Waals surface area contributed by atoms with E-state index in [1.165, 1.54) is 0 Å². The van der Waals surface area contributed by atoms with E-state index in [4.69, 9.17) is 5.11 Å². The largest absolute Gasteiger partial charge is 0.508 e. The zero-order valence-corrected chi connectivity index (χ0v) is 11.0. The molecular weight excluding hydrogens is 250 g/mol. The highest BCUT2D eigenvalue weighted by Crippen LogP contribution is 2.34. The molecule has 0 amide bonds. The van der Waals surface area contributed by atoms with Gasteiger partial charge in [-0.15, -0.1) is 11.8 Å². The number of rotatable bonds is 4. The minimum Gasteiger partial charge on any atom is -0.508 e. The first-order valence-electron chi connectivity index (χ1n) is 5.91. The van der Waals surface area contributed by atoms with Crippen molar-refractivity contribution in [3.05, 3.63) is 29.8 Å². The topological polar surface area (TPSA) is 69.6 Å². The maximum atomic E-state index is 10.9. The Morgan fingerprint density at radius 1 is 1.50 bits per heavy atom. The summed E-state index contributed by atoms with van der Waals surface area (Å²) in [5.41, 5.74) is 1.15. The van der Waals surface area contributed by atoms with Crippen molar-refractivity contribution in [2.75, 3.05) is 5.75 Å². The Balaban J connectivity index is 1.90. The second-order valence-electron chi connectivity index (χ2n) is 4.74. The van der Waals surface area contributed by atoms with E-state index in [9.17, 15) is 9.90 Å². The summed E-state index contributed by atoms with van der Waals surface area (Å²) in [5.74, 6) is 0.0987. The van der Waals surface area contributed by atoms with Crippen LogP contribution in [0.15, 0.2) is 24.3 Å². The monoisotopic (exact) mass is 267 g/mol. The quantitative estimate of drug-likeness (QED) is 0.776. The molecule has 0 aromatic heterocycles. The van der Waals surface area contributed by atoms with Gasteiger partial charge in [-0.25, -0.2) is 0 Å². The Kier molecular flexibility index (Phi) is 3.82. The van der Waals surface area contributed by atoms with Crippen molar-refractivity contribution in [2.45, 2.75) is 30.7 Å². The predicted octanol–water partition coefficient (Wildman–Crippen LogP) is 1.83. The molecule has 1 aliphatic heterocycles. The van der Waals surface area contributed by atoms with Crippen molar-refractivity contribution in [3.63, 3.8) is 0 Å². The lowest BCUT2D eigenvalue weighted by atomic mass is 10.1. The number of aromatic hydroxyl groups is 1. The van der Waals surface area contributed by atoms with Crippen molar-refractivity contribution in [2.24, 2.45) is 0 Å². The third-order valence-electron chi connectivity index (χ3n) is 3.17. The Hall–Kier alpha value is -1.20. The molecule has 5 heteroatoms. The zero-order chi connectivity index (χ0) is 13.2. The third-order valence-corrected chi connectivity index (χ3v) is 4.63. The molecule has 98 valence electrons. The fourth-order valence-corrected chi connectivity index (χ4v) is 3.27. The molecule has 0 radical (unpaired) electrons. The van der Waals surface area contributed by atoms with Gasteiger partial charge in [0.1, 0.15) is 11.8 Å². The van der Waals surface area contributed by atoms with Crippen molar-refractivity contribution < 1.29 is 15.0 Å². The number of hydrogen-bond acceptors (Lipinski definition) is 4. The maximum absolute atomic E-state index is 10.9. The third kappa shape index (κ3) is 3.17. The predicted molar refractivity (Wildman–Crippen MR) is 71.9 cm³/mol. The van der Waals surface area contributed by atoms with Crippen LogP contribution in [0.4, 0.5) is 0 Å². The molecular formula is C13H17NO3S. The second kappa shape index (κ2) is 5.20. The van der Waals surface area contributed by atoms with Gasteiger partial charge in [-0.05, 0) is 37.5 Å². The molecule has 18 heavy (non-hydrogen) atoms. The number of carboxylic acids is 1. The smallest absolute Gasteiger partial charge is 0.321 e. The average molecular weight is 267 g/mol. The summed E-state index contributed by atoms with van der Waals surface area (Å²) in [7, 11) is 0.